The number of benzene rings is 2. The van der Waals surface area contributed by atoms with Crippen molar-refractivity contribution in [3.8, 4) is 0 Å². The number of nitrogens with one attached hydrogen (secondary N) is 1. The third-order valence-corrected chi connectivity index (χ3v) is 4.76. The lowest BCUT2D eigenvalue weighted by Gasteiger charge is -2.26. The largest absolute Gasteiger partial charge is 0.325 e. The summed E-state index contributed by atoms with van der Waals surface area (Å²) in [5, 5.41) is 3.47. The molecule has 0 radical (unpaired) electrons. The molecule has 3 rings (SSSR count). The average molecular weight is 343 g/mol. The molecule has 3 amide bonds. The second-order valence-electron chi connectivity index (χ2n) is 6.07. The van der Waals surface area contributed by atoms with E-state index in [1.807, 2.05) is 38.1 Å². The highest BCUT2D eigenvalue weighted by Gasteiger charge is 2.51. The summed E-state index contributed by atoms with van der Waals surface area (Å²) in [6.07, 6.45) is 0.476. The fourth-order valence-corrected chi connectivity index (χ4v) is 3.15. The predicted molar refractivity (Wildman–Crippen MR) is 93.7 cm³/mol. The molecule has 0 aromatic heterocycles. The number of carbonyl (C=O) groups excluding carboxylic acids is 2. The average Bonchev–Trinajstić information content (AvgIpc) is 2.82. The molecule has 1 heterocycles. The monoisotopic (exact) mass is 342 g/mol. The zero-order valence-corrected chi connectivity index (χ0v) is 14.4. The van der Waals surface area contributed by atoms with Crippen LogP contribution in [0.2, 0.25) is 5.02 Å². The smallest absolute Gasteiger partial charge is 0.319 e. The topological polar surface area (TPSA) is 49.4 Å². The molecule has 1 aliphatic rings. The van der Waals surface area contributed by atoms with E-state index in [1.54, 1.807) is 24.3 Å². The van der Waals surface area contributed by atoms with Crippen LogP contribution in [0.25, 0.3) is 0 Å². The van der Waals surface area contributed by atoms with E-state index in [9.17, 15) is 9.59 Å². The minimum absolute atomic E-state index is 0.224. The zero-order chi connectivity index (χ0) is 17.3. The molecule has 0 spiro atoms. The Bertz CT molecular complexity index is 771. The number of aryl methyl sites for hydroxylation is 1. The standard InChI is InChI=1S/C19H19ClN2O2/c1-3-19(15-8-10-16(20)11-9-15)17(23)22(18(24)21-19)12-14-6-4-13(2)5-7-14/h4-11H,3,12H2,1-2H3,(H,21,24)/t19-/m1/s1. The lowest BCUT2D eigenvalue weighted by Crippen LogP contribution is -2.43. The number of imide groups is 1. The van der Waals surface area contributed by atoms with Crippen LogP contribution in [0.3, 0.4) is 0 Å². The summed E-state index contributed by atoms with van der Waals surface area (Å²) < 4.78 is 0. The Morgan fingerprint density at radius 1 is 1.04 bits per heavy atom. The Labute approximate surface area is 146 Å². The molecular weight excluding hydrogens is 324 g/mol. The van der Waals surface area contributed by atoms with Gasteiger partial charge in [-0.1, -0.05) is 60.5 Å². The molecule has 5 heteroatoms. The highest BCUT2D eigenvalue weighted by atomic mass is 35.5. The zero-order valence-electron chi connectivity index (χ0n) is 13.7. The van der Waals surface area contributed by atoms with Crippen LogP contribution in [0.15, 0.2) is 48.5 Å². The molecule has 1 N–H and O–H groups in total. The fraction of sp³-hybridized carbons (Fsp3) is 0.263. The molecule has 1 fully saturated rings. The first-order valence-corrected chi connectivity index (χ1v) is 8.30. The van der Waals surface area contributed by atoms with Gasteiger partial charge in [-0.2, -0.15) is 0 Å². The maximum Gasteiger partial charge on any atom is 0.325 e. The van der Waals surface area contributed by atoms with E-state index in [-0.39, 0.29) is 18.5 Å². The highest BCUT2D eigenvalue weighted by Crippen LogP contribution is 2.33. The Morgan fingerprint density at radius 3 is 2.25 bits per heavy atom. The van der Waals surface area contributed by atoms with Gasteiger partial charge in [-0.3, -0.25) is 9.69 Å². The Balaban J connectivity index is 1.91. The summed E-state index contributed by atoms with van der Waals surface area (Å²) >= 11 is 5.94. The van der Waals surface area contributed by atoms with E-state index in [0.717, 1.165) is 16.7 Å². The van der Waals surface area contributed by atoms with Crippen molar-refractivity contribution in [2.24, 2.45) is 0 Å². The number of urea groups is 1. The number of hydrogen-bond acceptors (Lipinski definition) is 2. The minimum atomic E-state index is -1.02. The maximum absolute atomic E-state index is 13.0. The van der Waals surface area contributed by atoms with Gasteiger partial charge in [0.25, 0.3) is 5.91 Å². The SMILES string of the molecule is CC[C@]1(c2ccc(Cl)cc2)NC(=O)N(Cc2ccc(C)cc2)C1=O. The number of rotatable bonds is 4. The number of nitrogens with zero attached hydrogens (tertiary/aromatic N) is 1. The van der Waals surface area contributed by atoms with E-state index < -0.39 is 5.54 Å². The Morgan fingerprint density at radius 2 is 1.67 bits per heavy atom. The first-order chi connectivity index (χ1) is 11.5. The van der Waals surface area contributed by atoms with Crippen molar-refractivity contribution in [1.82, 2.24) is 10.2 Å². The summed E-state index contributed by atoms with van der Waals surface area (Å²) in [5.41, 5.74) is 1.79. The van der Waals surface area contributed by atoms with Crippen molar-refractivity contribution in [1.29, 1.82) is 0 Å². The number of carbonyl (C=O) groups is 2. The minimum Gasteiger partial charge on any atom is -0.319 e. The lowest BCUT2D eigenvalue weighted by molar-refractivity contribution is -0.132. The summed E-state index contributed by atoms with van der Waals surface area (Å²) in [5.74, 6) is -0.224. The number of halogens is 1. The molecule has 0 bridgehead atoms. The van der Waals surface area contributed by atoms with Gasteiger partial charge in [0, 0.05) is 5.02 Å². The van der Waals surface area contributed by atoms with E-state index >= 15 is 0 Å². The van der Waals surface area contributed by atoms with Crippen LogP contribution in [0.4, 0.5) is 4.79 Å². The van der Waals surface area contributed by atoms with Crippen molar-refractivity contribution < 1.29 is 9.59 Å². The molecule has 0 saturated carbocycles. The van der Waals surface area contributed by atoms with Crippen LogP contribution in [-0.2, 0) is 16.9 Å². The van der Waals surface area contributed by atoms with Gasteiger partial charge in [-0.05, 0) is 36.6 Å². The second kappa shape index (κ2) is 6.29. The summed E-state index contributed by atoms with van der Waals surface area (Å²) in [6.45, 7) is 4.16. The molecule has 1 saturated heterocycles. The van der Waals surface area contributed by atoms with Crippen LogP contribution in [0.1, 0.15) is 30.0 Å². The second-order valence-corrected chi connectivity index (χ2v) is 6.51. The van der Waals surface area contributed by atoms with E-state index in [0.29, 0.717) is 11.4 Å². The summed E-state index contributed by atoms with van der Waals surface area (Å²) in [7, 11) is 0. The number of amides is 3. The van der Waals surface area contributed by atoms with Gasteiger partial charge in [-0.25, -0.2) is 4.79 Å². The van der Waals surface area contributed by atoms with Crippen molar-refractivity contribution in [3.05, 3.63) is 70.2 Å². The van der Waals surface area contributed by atoms with Crippen LogP contribution in [-0.4, -0.2) is 16.8 Å². The Hall–Kier alpha value is -2.33. The summed E-state index contributed by atoms with van der Waals surface area (Å²) in [6, 6.07) is 14.5. The van der Waals surface area contributed by atoms with Crippen molar-refractivity contribution in [2.75, 3.05) is 0 Å². The number of hydrogen-bond donors (Lipinski definition) is 1. The van der Waals surface area contributed by atoms with Gasteiger partial charge in [0.05, 0.1) is 6.54 Å². The van der Waals surface area contributed by atoms with Gasteiger partial charge in [0.1, 0.15) is 5.54 Å². The third kappa shape index (κ3) is 2.78. The molecule has 4 nitrogen and oxygen atoms in total. The molecule has 2 aromatic rings. The van der Waals surface area contributed by atoms with Gasteiger partial charge in [0.15, 0.2) is 0 Å². The quantitative estimate of drug-likeness (QED) is 0.853. The van der Waals surface area contributed by atoms with Gasteiger partial charge < -0.3 is 5.32 Å². The fourth-order valence-electron chi connectivity index (χ4n) is 3.02. The molecule has 1 aliphatic heterocycles. The molecular formula is C19H19ClN2O2. The molecule has 2 aromatic carbocycles. The van der Waals surface area contributed by atoms with Crippen molar-refractivity contribution >= 4 is 23.5 Å². The highest BCUT2D eigenvalue weighted by molar-refractivity contribution is 6.30. The van der Waals surface area contributed by atoms with Crippen LogP contribution >= 0.6 is 11.6 Å². The Kier molecular flexibility index (Phi) is 4.33. The van der Waals surface area contributed by atoms with Gasteiger partial charge >= 0.3 is 6.03 Å². The molecule has 0 aliphatic carbocycles. The maximum atomic E-state index is 13.0. The van der Waals surface area contributed by atoms with Crippen LogP contribution < -0.4 is 5.32 Å². The molecule has 1 atom stereocenters. The molecule has 124 valence electrons. The molecule has 0 unspecified atom stereocenters. The van der Waals surface area contributed by atoms with Crippen LogP contribution in [0, 0.1) is 6.92 Å². The molecule has 24 heavy (non-hydrogen) atoms. The first-order valence-electron chi connectivity index (χ1n) is 7.92. The van der Waals surface area contributed by atoms with Gasteiger partial charge in [-0.15, -0.1) is 0 Å². The van der Waals surface area contributed by atoms with Gasteiger partial charge in [0.2, 0.25) is 0 Å². The summed E-state index contributed by atoms with van der Waals surface area (Å²) in [4.78, 5) is 26.8. The van der Waals surface area contributed by atoms with E-state index in [4.69, 9.17) is 11.6 Å². The van der Waals surface area contributed by atoms with E-state index in [2.05, 4.69) is 5.32 Å². The first kappa shape index (κ1) is 16.5. The third-order valence-electron chi connectivity index (χ3n) is 4.50. The van der Waals surface area contributed by atoms with Crippen LogP contribution in [0.5, 0.6) is 0 Å². The predicted octanol–water partition coefficient (Wildman–Crippen LogP) is 4.01. The normalized spacial score (nSPS) is 20.4. The van der Waals surface area contributed by atoms with Crippen molar-refractivity contribution in [2.45, 2.75) is 32.4 Å². The lowest BCUT2D eigenvalue weighted by atomic mass is 9.87. The van der Waals surface area contributed by atoms with E-state index in [1.165, 1.54) is 4.90 Å². The van der Waals surface area contributed by atoms with Crippen molar-refractivity contribution in [3.63, 3.8) is 0 Å².